The molecule has 0 spiro atoms. The number of benzene rings is 1. The Balaban J connectivity index is 2.89. The second kappa shape index (κ2) is 6.48. The van der Waals surface area contributed by atoms with Gasteiger partial charge in [0, 0.05) is 18.5 Å². The Labute approximate surface area is 128 Å². The van der Waals surface area contributed by atoms with Crippen LogP contribution < -0.4 is 11.1 Å². The molecule has 1 rings (SSSR count). The summed E-state index contributed by atoms with van der Waals surface area (Å²) in [5, 5.41) is 2.84. The van der Waals surface area contributed by atoms with Crippen molar-refractivity contribution in [2.24, 2.45) is 5.73 Å². The molecule has 4 nitrogen and oxygen atoms in total. The molecule has 3 N–H and O–H groups in total. The van der Waals surface area contributed by atoms with Crippen LogP contribution in [0.5, 0.6) is 0 Å². The summed E-state index contributed by atoms with van der Waals surface area (Å²) >= 11 is 0. The lowest BCUT2D eigenvalue weighted by atomic mass is 9.77. The van der Waals surface area contributed by atoms with Crippen molar-refractivity contribution in [3.05, 3.63) is 34.9 Å². The summed E-state index contributed by atoms with van der Waals surface area (Å²) < 4.78 is 5.28. The van der Waals surface area contributed by atoms with Crippen LogP contribution in [-0.4, -0.2) is 24.8 Å². The Hall–Kier alpha value is -1.55. The Morgan fingerprint density at radius 2 is 1.71 bits per heavy atom. The molecule has 0 aromatic heterocycles. The third kappa shape index (κ3) is 4.74. The zero-order chi connectivity index (χ0) is 16.3. The van der Waals surface area contributed by atoms with Gasteiger partial charge in [0.15, 0.2) is 0 Å². The van der Waals surface area contributed by atoms with Crippen molar-refractivity contribution in [2.45, 2.75) is 52.6 Å². The van der Waals surface area contributed by atoms with E-state index in [1.165, 1.54) is 16.7 Å². The zero-order valence-electron chi connectivity index (χ0n) is 14.0. The number of nitrogens with one attached hydrogen (secondary N) is 1. The van der Waals surface area contributed by atoms with E-state index < -0.39 is 11.7 Å². The Morgan fingerprint density at radius 3 is 2.14 bits per heavy atom. The first-order chi connectivity index (χ1) is 9.59. The molecule has 0 aliphatic carbocycles. The Morgan fingerprint density at radius 1 is 1.19 bits per heavy atom. The molecule has 1 amide bonds. The molecule has 1 unspecified atom stereocenters. The van der Waals surface area contributed by atoms with E-state index in [-0.39, 0.29) is 5.41 Å². The molecule has 118 valence electrons. The van der Waals surface area contributed by atoms with Crippen molar-refractivity contribution in [1.82, 2.24) is 5.32 Å². The van der Waals surface area contributed by atoms with E-state index in [9.17, 15) is 4.79 Å². The molecular weight excluding hydrogens is 264 g/mol. The van der Waals surface area contributed by atoms with Crippen molar-refractivity contribution in [1.29, 1.82) is 0 Å². The highest BCUT2D eigenvalue weighted by Gasteiger charge is 2.29. The number of hydrogen-bond donors (Lipinski definition) is 2. The minimum Gasteiger partial charge on any atom is -0.444 e. The average molecular weight is 292 g/mol. The van der Waals surface area contributed by atoms with E-state index in [1.807, 2.05) is 26.8 Å². The van der Waals surface area contributed by atoms with Gasteiger partial charge in [0.1, 0.15) is 5.60 Å². The summed E-state index contributed by atoms with van der Waals surface area (Å²) in [6.07, 6.45) is -0.409. The summed E-state index contributed by atoms with van der Waals surface area (Å²) in [6.45, 7) is 12.7. The van der Waals surface area contributed by atoms with Gasteiger partial charge in [-0.25, -0.2) is 4.79 Å². The highest BCUT2D eigenvalue weighted by Crippen LogP contribution is 2.28. The van der Waals surface area contributed by atoms with E-state index in [0.717, 1.165) is 0 Å². The van der Waals surface area contributed by atoms with Crippen LogP contribution in [0.2, 0.25) is 0 Å². The molecule has 0 bridgehead atoms. The molecule has 4 heteroatoms. The lowest BCUT2D eigenvalue weighted by Crippen LogP contribution is -2.45. The van der Waals surface area contributed by atoms with Crippen LogP contribution in [0.15, 0.2) is 18.2 Å². The van der Waals surface area contributed by atoms with Gasteiger partial charge in [0.25, 0.3) is 0 Å². The van der Waals surface area contributed by atoms with E-state index >= 15 is 0 Å². The van der Waals surface area contributed by atoms with Crippen LogP contribution in [0.1, 0.15) is 44.4 Å². The standard InChI is InChI=1S/C17H28N2O2/c1-12-8-7-9-13(2)14(12)17(6,10-18)11-19-15(20)21-16(3,4)5/h7-9H,10-11,18H2,1-6H3,(H,19,20). The molecule has 0 heterocycles. The van der Waals surface area contributed by atoms with Crippen molar-refractivity contribution in [3.8, 4) is 0 Å². The number of alkyl carbamates (subject to hydrolysis) is 1. The third-order valence-electron chi connectivity index (χ3n) is 3.56. The molecular formula is C17H28N2O2. The smallest absolute Gasteiger partial charge is 0.407 e. The number of carbonyl (C=O) groups excluding carboxylic acids is 1. The van der Waals surface area contributed by atoms with E-state index in [0.29, 0.717) is 13.1 Å². The molecule has 0 fully saturated rings. The minimum absolute atomic E-state index is 0.313. The quantitative estimate of drug-likeness (QED) is 0.896. The summed E-state index contributed by atoms with van der Waals surface area (Å²) in [5.74, 6) is 0. The Bertz CT molecular complexity index is 486. The molecule has 0 saturated carbocycles. The number of ether oxygens (including phenoxy) is 1. The maximum absolute atomic E-state index is 11.8. The lowest BCUT2D eigenvalue weighted by Gasteiger charge is -2.32. The molecule has 0 aliphatic rings. The fraction of sp³-hybridized carbons (Fsp3) is 0.588. The number of amides is 1. The van der Waals surface area contributed by atoms with Crippen molar-refractivity contribution in [2.75, 3.05) is 13.1 Å². The first kappa shape index (κ1) is 17.5. The fourth-order valence-electron chi connectivity index (χ4n) is 2.61. The molecule has 21 heavy (non-hydrogen) atoms. The molecule has 1 atom stereocenters. The largest absolute Gasteiger partial charge is 0.444 e. The number of nitrogens with two attached hydrogens (primary N) is 1. The number of rotatable bonds is 4. The molecule has 1 aromatic rings. The first-order valence-corrected chi connectivity index (χ1v) is 7.33. The number of hydrogen-bond acceptors (Lipinski definition) is 3. The van der Waals surface area contributed by atoms with Crippen LogP contribution in [0, 0.1) is 13.8 Å². The second-order valence-electron chi connectivity index (χ2n) is 6.89. The monoisotopic (exact) mass is 292 g/mol. The van der Waals surface area contributed by atoms with Crippen molar-refractivity contribution < 1.29 is 9.53 Å². The summed E-state index contributed by atoms with van der Waals surface area (Å²) in [4.78, 5) is 11.8. The average Bonchev–Trinajstić information content (AvgIpc) is 2.34. The number of aryl methyl sites for hydroxylation is 2. The van der Waals surface area contributed by atoms with Gasteiger partial charge in [-0.15, -0.1) is 0 Å². The highest BCUT2D eigenvalue weighted by molar-refractivity contribution is 5.68. The zero-order valence-corrected chi connectivity index (χ0v) is 14.0. The van der Waals surface area contributed by atoms with Gasteiger partial charge in [-0.3, -0.25) is 0 Å². The van der Waals surface area contributed by atoms with Crippen molar-refractivity contribution in [3.63, 3.8) is 0 Å². The van der Waals surface area contributed by atoms with Gasteiger partial charge < -0.3 is 15.8 Å². The molecule has 0 radical (unpaired) electrons. The minimum atomic E-state index is -0.498. The van der Waals surface area contributed by atoms with Gasteiger partial charge >= 0.3 is 6.09 Å². The van der Waals surface area contributed by atoms with Gasteiger partial charge in [-0.1, -0.05) is 25.1 Å². The van der Waals surface area contributed by atoms with Crippen LogP contribution in [0.3, 0.4) is 0 Å². The molecule has 0 saturated heterocycles. The normalized spacial score (nSPS) is 14.4. The third-order valence-corrected chi connectivity index (χ3v) is 3.56. The van der Waals surface area contributed by atoms with E-state index in [2.05, 4.69) is 38.2 Å². The lowest BCUT2D eigenvalue weighted by molar-refractivity contribution is 0.0516. The van der Waals surface area contributed by atoms with Crippen molar-refractivity contribution >= 4 is 6.09 Å². The van der Waals surface area contributed by atoms with Gasteiger partial charge in [-0.2, -0.15) is 0 Å². The number of carbonyl (C=O) groups is 1. The van der Waals surface area contributed by atoms with E-state index in [1.54, 1.807) is 0 Å². The van der Waals surface area contributed by atoms with Crippen LogP contribution in [0.4, 0.5) is 4.79 Å². The maximum Gasteiger partial charge on any atom is 0.407 e. The predicted molar refractivity (Wildman–Crippen MR) is 86.6 cm³/mol. The van der Waals surface area contributed by atoms with Gasteiger partial charge in [-0.05, 0) is 51.3 Å². The van der Waals surface area contributed by atoms with E-state index in [4.69, 9.17) is 10.5 Å². The predicted octanol–water partition coefficient (Wildman–Crippen LogP) is 3.04. The molecule has 1 aromatic carbocycles. The van der Waals surface area contributed by atoms with Gasteiger partial charge in [0.05, 0.1) is 0 Å². The first-order valence-electron chi connectivity index (χ1n) is 7.33. The van der Waals surface area contributed by atoms with Crippen LogP contribution in [-0.2, 0) is 10.2 Å². The van der Waals surface area contributed by atoms with Crippen LogP contribution in [0.25, 0.3) is 0 Å². The topological polar surface area (TPSA) is 64.3 Å². The summed E-state index contributed by atoms with van der Waals surface area (Å²) in [6, 6.07) is 6.18. The van der Waals surface area contributed by atoms with Gasteiger partial charge in [0.2, 0.25) is 0 Å². The fourth-order valence-corrected chi connectivity index (χ4v) is 2.61. The summed E-state index contributed by atoms with van der Waals surface area (Å²) in [5.41, 5.74) is 8.76. The second-order valence-corrected chi connectivity index (χ2v) is 6.89. The SMILES string of the molecule is Cc1cccc(C)c1C(C)(CN)CNC(=O)OC(C)(C)C. The Kier molecular flexibility index (Phi) is 5.40. The highest BCUT2D eigenvalue weighted by atomic mass is 16.6. The summed E-state index contributed by atoms with van der Waals surface area (Å²) in [7, 11) is 0. The molecule has 0 aliphatic heterocycles. The maximum atomic E-state index is 11.8. The van der Waals surface area contributed by atoms with Crippen LogP contribution >= 0.6 is 0 Å².